The number of aromatic nitrogens is 2. The maximum atomic E-state index is 12.0. The van der Waals surface area contributed by atoms with Gasteiger partial charge in [-0.15, -0.1) is 0 Å². The Morgan fingerprint density at radius 2 is 1.67 bits per heavy atom. The molecule has 24 heavy (non-hydrogen) atoms. The predicted molar refractivity (Wildman–Crippen MR) is 102 cm³/mol. The van der Waals surface area contributed by atoms with Crippen LogP contribution in [0.5, 0.6) is 0 Å². The Morgan fingerprint density at radius 3 is 2.33 bits per heavy atom. The second-order valence-electron chi connectivity index (χ2n) is 5.79. The van der Waals surface area contributed by atoms with Gasteiger partial charge in [0.15, 0.2) is 0 Å². The summed E-state index contributed by atoms with van der Waals surface area (Å²) in [5, 5.41) is 0. The van der Waals surface area contributed by atoms with Gasteiger partial charge in [-0.05, 0) is 42.2 Å². The Labute approximate surface area is 149 Å². The molecule has 0 aliphatic heterocycles. The summed E-state index contributed by atoms with van der Waals surface area (Å²) in [6, 6.07) is 18.1. The van der Waals surface area contributed by atoms with Gasteiger partial charge in [-0.1, -0.05) is 65.7 Å². The zero-order chi connectivity index (χ0) is 16.9. The molecule has 0 amide bonds. The highest BCUT2D eigenvalue weighted by Crippen LogP contribution is 2.23. The lowest BCUT2D eigenvalue weighted by Crippen LogP contribution is -2.11. The maximum absolute atomic E-state index is 12.0. The van der Waals surface area contributed by atoms with Gasteiger partial charge in [-0.2, -0.15) is 4.98 Å². The third-order valence-electron chi connectivity index (χ3n) is 3.97. The lowest BCUT2D eigenvalue weighted by molar-refractivity contribution is 0.795. The van der Waals surface area contributed by atoms with Crippen molar-refractivity contribution in [1.82, 2.24) is 9.97 Å². The average molecular weight is 383 g/mol. The fourth-order valence-electron chi connectivity index (χ4n) is 2.61. The summed E-state index contributed by atoms with van der Waals surface area (Å²) in [7, 11) is 0. The maximum Gasteiger partial charge on any atom is 0.345 e. The van der Waals surface area contributed by atoms with Crippen LogP contribution in [-0.2, 0) is 6.42 Å². The first kappa shape index (κ1) is 16.7. The van der Waals surface area contributed by atoms with Crippen LogP contribution in [0.3, 0.4) is 0 Å². The first-order chi connectivity index (χ1) is 11.7. The van der Waals surface area contributed by atoms with Crippen LogP contribution < -0.4 is 5.69 Å². The lowest BCUT2D eigenvalue weighted by atomic mass is 10.0. The molecular formula is C20H19BrN2O. The van der Waals surface area contributed by atoms with Crippen LogP contribution in [0.15, 0.2) is 63.9 Å². The molecule has 1 heterocycles. The molecule has 0 saturated carbocycles. The quantitative estimate of drug-likeness (QED) is 0.658. The molecule has 122 valence electrons. The van der Waals surface area contributed by atoms with E-state index in [0.717, 1.165) is 27.7 Å². The SMILES string of the molecule is CCCCc1ccc(-c2cc(-c3ccc(Br)cc3)nc(=O)[nH]2)cc1. The largest absolute Gasteiger partial charge is 0.345 e. The van der Waals surface area contributed by atoms with E-state index in [9.17, 15) is 4.79 Å². The van der Waals surface area contributed by atoms with Crippen LogP contribution in [0.4, 0.5) is 0 Å². The number of aromatic amines is 1. The van der Waals surface area contributed by atoms with Crippen LogP contribution in [0.25, 0.3) is 22.5 Å². The summed E-state index contributed by atoms with van der Waals surface area (Å²) in [6.07, 6.45) is 3.48. The highest BCUT2D eigenvalue weighted by Gasteiger charge is 2.06. The number of nitrogens with zero attached hydrogens (tertiary/aromatic N) is 1. The third-order valence-corrected chi connectivity index (χ3v) is 4.50. The number of benzene rings is 2. The van der Waals surface area contributed by atoms with Crippen molar-refractivity contribution in [2.45, 2.75) is 26.2 Å². The molecule has 0 bridgehead atoms. The Bertz CT molecular complexity index is 867. The molecule has 0 fully saturated rings. The van der Waals surface area contributed by atoms with Gasteiger partial charge in [0.2, 0.25) is 0 Å². The normalized spacial score (nSPS) is 10.8. The Kier molecular flexibility index (Phi) is 5.26. The molecule has 3 rings (SSSR count). The van der Waals surface area contributed by atoms with Crippen LogP contribution >= 0.6 is 15.9 Å². The van der Waals surface area contributed by atoms with Gasteiger partial charge >= 0.3 is 5.69 Å². The molecule has 1 aromatic heterocycles. The molecule has 2 aromatic carbocycles. The van der Waals surface area contributed by atoms with Gasteiger partial charge in [-0.3, -0.25) is 0 Å². The Hall–Kier alpha value is -2.20. The molecular weight excluding hydrogens is 364 g/mol. The summed E-state index contributed by atoms with van der Waals surface area (Å²) in [5.74, 6) is 0. The van der Waals surface area contributed by atoms with Crippen molar-refractivity contribution in [2.24, 2.45) is 0 Å². The number of hydrogen-bond donors (Lipinski definition) is 1. The number of halogens is 1. The van der Waals surface area contributed by atoms with Gasteiger partial charge in [0.05, 0.1) is 11.4 Å². The van der Waals surface area contributed by atoms with Crippen molar-refractivity contribution in [3.63, 3.8) is 0 Å². The van der Waals surface area contributed by atoms with E-state index in [1.165, 1.54) is 18.4 Å². The molecule has 1 N–H and O–H groups in total. The van der Waals surface area contributed by atoms with Crippen LogP contribution in [0, 0.1) is 0 Å². The lowest BCUT2D eigenvalue weighted by Gasteiger charge is -2.06. The molecule has 3 nitrogen and oxygen atoms in total. The van der Waals surface area contributed by atoms with Gasteiger partial charge < -0.3 is 4.98 Å². The molecule has 0 aliphatic carbocycles. The molecule has 4 heteroatoms. The van der Waals surface area contributed by atoms with Crippen molar-refractivity contribution in [1.29, 1.82) is 0 Å². The minimum Gasteiger partial charge on any atom is -0.305 e. The molecule has 0 spiro atoms. The highest BCUT2D eigenvalue weighted by molar-refractivity contribution is 9.10. The summed E-state index contributed by atoms with van der Waals surface area (Å²) in [5.41, 5.74) is 4.37. The van der Waals surface area contributed by atoms with Crippen molar-refractivity contribution < 1.29 is 0 Å². The fourth-order valence-corrected chi connectivity index (χ4v) is 2.88. The van der Waals surface area contributed by atoms with E-state index in [4.69, 9.17) is 0 Å². The Morgan fingerprint density at radius 1 is 1.00 bits per heavy atom. The van der Waals surface area contributed by atoms with Crippen LogP contribution in [0.2, 0.25) is 0 Å². The topological polar surface area (TPSA) is 45.8 Å². The highest BCUT2D eigenvalue weighted by atomic mass is 79.9. The van der Waals surface area contributed by atoms with Crippen molar-refractivity contribution in [3.05, 3.63) is 75.1 Å². The van der Waals surface area contributed by atoms with Gasteiger partial charge in [-0.25, -0.2) is 4.79 Å². The summed E-state index contributed by atoms with van der Waals surface area (Å²) in [4.78, 5) is 18.9. The summed E-state index contributed by atoms with van der Waals surface area (Å²) >= 11 is 3.42. The minimum atomic E-state index is -0.333. The van der Waals surface area contributed by atoms with E-state index in [2.05, 4.69) is 57.1 Å². The molecule has 0 aliphatic rings. The number of aryl methyl sites for hydroxylation is 1. The van der Waals surface area contributed by atoms with Crippen molar-refractivity contribution >= 4 is 15.9 Å². The number of rotatable bonds is 5. The number of hydrogen-bond acceptors (Lipinski definition) is 2. The molecule has 0 atom stereocenters. The van der Waals surface area contributed by atoms with E-state index in [1.54, 1.807) is 0 Å². The number of nitrogens with one attached hydrogen (secondary N) is 1. The zero-order valence-electron chi connectivity index (χ0n) is 13.6. The van der Waals surface area contributed by atoms with Crippen molar-refractivity contribution in [3.8, 4) is 22.5 Å². The second kappa shape index (κ2) is 7.58. The van der Waals surface area contributed by atoms with Crippen LogP contribution in [0.1, 0.15) is 25.3 Å². The minimum absolute atomic E-state index is 0.333. The standard InChI is InChI=1S/C20H19BrN2O/c1-2-3-4-14-5-7-15(8-6-14)18-13-19(23-20(24)22-18)16-9-11-17(21)12-10-16/h5-13H,2-4H2,1H3,(H,22,23,24). The van der Waals surface area contributed by atoms with Gasteiger partial charge in [0, 0.05) is 10.0 Å². The first-order valence-electron chi connectivity index (χ1n) is 8.12. The van der Waals surface area contributed by atoms with E-state index < -0.39 is 0 Å². The van der Waals surface area contributed by atoms with E-state index in [1.807, 2.05) is 30.3 Å². The average Bonchev–Trinajstić information content (AvgIpc) is 2.60. The fraction of sp³-hybridized carbons (Fsp3) is 0.200. The monoisotopic (exact) mass is 382 g/mol. The second-order valence-corrected chi connectivity index (χ2v) is 6.71. The van der Waals surface area contributed by atoms with Crippen molar-refractivity contribution in [2.75, 3.05) is 0 Å². The molecule has 3 aromatic rings. The first-order valence-corrected chi connectivity index (χ1v) is 8.91. The van der Waals surface area contributed by atoms with E-state index >= 15 is 0 Å². The van der Waals surface area contributed by atoms with Crippen LogP contribution in [-0.4, -0.2) is 9.97 Å². The molecule has 0 saturated heterocycles. The Balaban J connectivity index is 1.93. The van der Waals surface area contributed by atoms with E-state index in [-0.39, 0.29) is 5.69 Å². The van der Waals surface area contributed by atoms with E-state index in [0.29, 0.717) is 5.69 Å². The molecule has 0 unspecified atom stereocenters. The van der Waals surface area contributed by atoms with Gasteiger partial charge in [0.1, 0.15) is 0 Å². The number of unbranched alkanes of at least 4 members (excludes halogenated alkanes) is 1. The third kappa shape index (κ3) is 4.01. The zero-order valence-corrected chi connectivity index (χ0v) is 15.1. The predicted octanol–water partition coefficient (Wildman–Crippen LogP) is 5.21. The summed E-state index contributed by atoms with van der Waals surface area (Å²) in [6.45, 7) is 2.19. The van der Waals surface area contributed by atoms with Gasteiger partial charge in [0.25, 0.3) is 0 Å². The smallest absolute Gasteiger partial charge is 0.305 e. The molecule has 0 radical (unpaired) electrons. The summed E-state index contributed by atoms with van der Waals surface area (Å²) < 4.78 is 0.999. The number of H-pyrrole nitrogens is 1.